The number of imidazole rings is 1. The highest BCUT2D eigenvalue weighted by atomic mass is 35.5. The predicted octanol–water partition coefficient (Wildman–Crippen LogP) is 3.75. The van der Waals surface area contributed by atoms with Gasteiger partial charge in [-0.1, -0.05) is 0 Å². The lowest BCUT2D eigenvalue weighted by Gasteiger charge is -2.12. The number of benzene rings is 2. The standard InChI is InChI=1S/C19H12ClF2N5O2/c20-19(21,22)29-14-3-1-13(2-4-14)27-10-26-16-6-11(18(23)28)5-15(17(16)27)12-7-24-9-25-8-12/h1-10H,(H2,23,28). The maximum absolute atomic E-state index is 12.8. The predicted molar refractivity (Wildman–Crippen MR) is 102 cm³/mol. The lowest BCUT2D eigenvalue weighted by molar-refractivity contribution is -0.0964. The molecule has 2 heterocycles. The van der Waals surface area contributed by atoms with Gasteiger partial charge < -0.3 is 10.5 Å². The number of aromatic nitrogens is 4. The van der Waals surface area contributed by atoms with Crippen LogP contribution in [0.4, 0.5) is 8.78 Å². The minimum atomic E-state index is -3.80. The molecule has 0 aliphatic rings. The van der Waals surface area contributed by atoms with Gasteiger partial charge in [-0.2, -0.15) is 0 Å². The van der Waals surface area contributed by atoms with Gasteiger partial charge >= 0.3 is 5.57 Å². The number of alkyl halides is 3. The molecule has 0 saturated carbocycles. The van der Waals surface area contributed by atoms with Crippen LogP contribution in [-0.4, -0.2) is 31.0 Å². The van der Waals surface area contributed by atoms with Gasteiger partial charge in [0.05, 0.1) is 11.0 Å². The van der Waals surface area contributed by atoms with E-state index in [2.05, 4.69) is 19.7 Å². The molecule has 0 atom stereocenters. The summed E-state index contributed by atoms with van der Waals surface area (Å²) in [7, 11) is 0. The zero-order chi connectivity index (χ0) is 20.6. The van der Waals surface area contributed by atoms with Gasteiger partial charge in [0, 0.05) is 46.4 Å². The molecule has 2 N–H and O–H groups in total. The number of amides is 1. The lowest BCUT2D eigenvalue weighted by Crippen LogP contribution is -2.15. The number of fused-ring (bicyclic) bond motifs is 1. The van der Waals surface area contributed by atoms with Crippen molar-refractivity contribution in [3.05, 3.63) is 67.0 Å². The van der Waals surface area contributed by atoms with E-state index in [0.29, 0.717) is 27.8 Å². The molecule has 2 aromatic carbocycles. The number of nitrogens with zero attached hydrogens (tertiary/aromatic N) is 4. The van der Waals surface area contributed by atoms with Crippen LogP contribution in [0, 0.1) is 0 Å². The van der Waals surface area contributed by atoms with Crippen molar-refractivity contribution in [2.45, 2.75) is 5.57 Å². The molecule has 0 aliphatic heterocycles. The zero-order valence-electron chi connectivity index (χ0n) is 14.6. The molecule has 0 radical (unpaired) electrons. The van der Waals surface area contributed by atoms with Crippen LogP contribution in [0.25, 0.3) is 27.8 Å². The van der Waals surface area contributed by atoms with E-state index >= 15 is 0 Å². The molecule has 0 fully saturated rings. The molecular weight excluding hydrogens is 404 g/mol. The number of hydrogen-bond donors (Lipinski definition) is 1. The summed E-state index contributed by atoms with van der Waals surface area (Å²) in [6.45, 7) is 0. The summed E-state index contributed by atoms with van der Waals surface area (Å²) < 4.78 is 31.7. The van der Waals surface area contributed by atoms with Crippen molar-refractivity contribution >= 4 is 28.5 Å². The van der Waals surface area contributed by atoms with Gasteiger partial charge in [-0.25, -0.2) is 15.0 Å². The fourth-order valence-corrected chi connectivity index (χ4v) is 3.04. The molecule has 4 aromatic rings. The van der Waals surface area contributed by atoms with Crippen molar-refractivity contribution in [2.75, 3.05) is 0 Å². The molecule has 2 aromatic heterocycles. The van der Waals surface area contributed by atoms with Crippen molar-refractivity contribution < 1.29 is 18.3 Å². The number of rotatable bonds is 5. The molecule has 1 amide bonds. The van der Waals surface area contributed by atoms with Crippen LogP contribution in [0.5, 0.6) is 5.75 Å². The topological polar surface area (TPSA) is 95.9 Å². The van der Waals surface area contributed by atoms with E-state index in [-0.39, 0.29) is 11.3 Å². The molecule has 0 aliphatic carbocycles. The summed E-state index contributed by atoms with van der Waals surface area (Å²) >= 11 is 4.79. The van der Waals surface area contributed by atoms with Crippen molar-refractivity contribution in [1.82, 2.24) is 19.5 Å². The number of halogens is 3. The van der Waals surface area contributed by atoms with Crippen molar-refractivity contribution in [2.24, 2.45) is 5.73 Å². The molecule has 146 valence electrons. The first kappa shape index (κ1) is 18.8. The van der Waals surface area contributed by atoms with Gasteiger partial charge in [0.2, 0.25) is 5.91 Å². The average molecular weight is 416 g/mol. The van der Waals surface area contributed by atoms with Gasteiger partial charge in [-0.15, -0.1) is 8.78 Å². The van der Waals surface area contributed by atoms with Crippen LogP contribution < -0.4 is 10.5 Å². The number of primary amides is 1. The molecule has 0 unspecified atom stereocenters. The molecule has 7 nitrogen and oxygen atoms in total. The second kappa shape index (κ2) is 7.10. The highest BCUT2D eigenvalue weighted by Gasteiger charge is 2.27. The summed E-state index contributed by atoms with van der Waals surface area (Å²) in [4.78, 5) is 24.1. The van der Waals surface area contributed by atoms with E-state index in [1.807, 2.05) is 0 Å². The molecule has 0 spiro atoms. The number of hydrogen-bond acceptors (Lipinski definition) is 5. The van der Waals surface area contributed by atoms with Crippen molar-refractivity contribution in [1.29, 1.82) is 0 Å². The molecule has 4 rings (SSSR count). The summed E-state index contributed by atoms with van der Waals surface area (Å²) in [6, 6.07) is 9.08. The Morgan fingerprint density at radius 3 is 2.45 bits per heavy atom. The van der Waals surface area contributed by atoms with E-state index < -0.39 is 11.5 Å². The quantitative estimate of drug-likeness (QED) is 0.501. The summed E-state index contributed by atoms with van der Waals surface area (Å²) in [5, 5.41) is 0. The number of nitrogens with two attached hydrogens (primary N) is 1. The van der Waals surface area contributed by atoms with Crippen LogP contribution in [0.2, 0.25) is 0 Å². The van der Waals surface area contributed by atoms with Gasteiger partial charge in [-0.05, 0) is 36.4 Å². The Kier molecular flexibility index (Phi) is 4.59. The van der Waals surface area contributed by atoms with Gasteiger partial charge in [0.15, 0.2) is 0 Å². The lowest BCUT2D eigenvalue weighted by atomic mass is 10.0. The first-order chi connectivity index (χ1) is 13.8. The van der Waals surface area contributed by atoms with Gasteiger partial charge in [0.25, 0.3) is 0 Å². The first-order valence-corrected chi connectivity index (χ1v) is 8.62. The highest BCUT2D eigenvalue weighted by Crippen LogP contribution is 2.32. The Morgan fingerprint density at radius 1 is 1.14 bits per heavy atom. The van der Waals surface area contributed by atoms with E-state index in [9.17, 15) is 13.6 Å². The summed E-state index contributed by atoms with van der Waals surface area (Å²) in [5.41, 5.74) is 5.05. The largest absolute Gasteiger partial charge is 0.487 e. The Bertz CT molecular complexity index is 1190. The summed E-state index contributed by atoms with van der Waals surface area (Å²) in [6.07, 6.45) is 6.14. The Labute approximate surface area is 167 Å². The Balaban J connectivity index is 1.87. The van der Waals surface area contributed by atoms with Crippen LogP contribution in [0.15, 0.2) is 61.4 Å². The molecule has 0 saturated heterocycles. The smallest absolute Gasteiger partial charge is 0.420 e. The van der Waals surface area contributed by atoms with E-state index in [1.54, 1.807) is 47.6 Å². The molecular formula is C19H12ClF2N5O2. The Hall–Kier alpha value is -3.59. The SMILES string of the molecule is NC(=O)c1cc(-c2cncnc2)c2c(c1)ncn2-c1ccc(OC(F)(F)Cl)cc1. The third kappa shape index (κ3) is 3.85. The van der Waals surface area contributed by atoms with Crippen LogP contribution in [0.3, 0.4) is 0 Å². The third-order valence-corrected chi connectivity index (χ3v) is 4.22. The minimum Gasteiger partial charge on any atom is -0.420 e. The first-order valence-electron chi connectivity index (χ1n) is 8.24. The monoisotopic (exact) mass is 415 g/mol. The fourth-order valence-electron chi connectivity index (χ4n) is 2.95. The second-order valence-electron chi connectivity index (χ2n) is 6.04. The van der Waals surface area contributed by atoms with Crippen molar-refractivity contribution in [3.8, 4) is 22.6 Å². The third-order valence-electron chi connectivity index (χ3n) is 4.15. The van der Waals surface area contributed by atoms with Crippen LogP contribution in [0.1, 0.15) is 10.4 Å². The zero-order valence-corrected chi connectivity index (χ0v) is 15.3. The highest BCUT2D eigenvalue weighted by molar-refractivity contribution is 6.20. The number of ether oxygens (including phenoxy) is 1. The summed E-state index contributed by atoms with van der Waals surface area (Å²) in [5.74, 6) is -0.686. The van der Waals surface area contributed by atoms with Crippen LogP contribution in [-0.2, 0) is 0 Å². The van der Waals surface area contributed by atoms with Gasteiger partial charge in [0.1, 0.15) is 18.4 Å². The van der Waals surface area contributed by atoms with E-state index in [4.69, 9.17) is 17.3 Å². The van der Waals surface area contributed by atoms with E-state index in [1.165, 1.54) is 18.5 Å². The van der Waals surface area contributed by atoms with Crippen molar-refractivity contribution in [3.63, 3.8) is 0 Å². The Morgan fingerprint density at radius 2 is 1.83 bits per heavy atom. The van der Waals surface area contributed by atoms with Crippen LogP contribution >= 0.6 is 11.6 Å². The second-order valence-corrected chi connectivity index (χ2v) is 6.48. The fraction of sp³-hybridized carbons (Fsp3) is 0.0526. The van der Waals surface area contributed by atoms with E-state index in [0.717, 1.165) is 0 Å². The average Bonchev–Trinajstić information content (AvgIpc) is 3.11. The molecule has 29 heavy (non-hydrogen) atoms. The maximum atomic E-state index is 12.8. The maximum Gasteiger partial charge on any atom is 0.487 e. The normalized spacial score (nSPS) is 11.6. The molecule has 0 bridgehead atoms. The number of carbonyl (C=O) groups is 1. The minimum absolute atomic E-state index is 0.0918. The van der Waals surface area contributed by atoms with Gasteiger partial charge in [-0.3, -0.25) is 9.36 Å². The molecule has 10 heteroatoms. The number of carbonyl (C=O) groups excluding carboxylic acids is 1.